The van der Waals surface area contributed by atoms with E-state index in [9.17, 15) is 0 Å². The minimum absolute atomic E-state index is 0.280. The van der Waals surface area contributed by atoms with Gasteiger partial charge in [0.15, 0.2) is 0 Å². The zero-order valence-electron chi connectivity index (χ0n) is 13.1. The minimum Gasteiger partial charge on any atom is -0.361 e. The first-order valence-corrected chi connectivity index (χ1v) is 8.18. The van der Waals surface area contributed by atoms with Crippen LogP contribution in [0.3, 0.4) is 0 Å². The van der Waals surface area contributed by atoms with E-state index in [0.717, 1.165) is 13.0 Å². The number of rotatable bonds is 1. The van der Waals surface area contributed by atoms with Crippen LogP contribution < -0.4 is 0 Å². The maximum absolute atomic E-state index is 3.69. The molecule has 0 spiro atoms. The molecule has 0 radical (unpaired) electrons. The van der Waals surface area contributed by atoms with Crippen molar-refractivity contribution in [2.24, 2.45) is 0 Å². The quantitative estimate of drug-likeness (QED) is 0.542. The zero-order valence-corrected chi connectivity index (χ0v) is 13.1. The molecule has 0 saturated carbocycles. The standard InChI is InChI=1S/C20H19N3/c1-23-11-10-15-13-6-3-5-9-18(13)22-19(15)20(23)16-12-21-17-8-4-2-7-14(16)17/h2-9,12,20-22H,10-11H2,1H3/t20-/m1/s1. The molecule has 1 atom stereocenters. The predicted molar refractivity (Wildman–Crippen MR) is 94.8 cm³/mol. The average Bonchev–Trinajstić information content (AvgIpc) is 3.16. The van der Waals surface area contributed by atoms with Crippen LogP contribution in [0.2, 0.25) is 0 Å². The first kappa shape index (κ1) is 13.0. The van der Waals surface area contributed by atoms with Gasteiger partial charge >= 0.3 is 0 Å². The van der Waals surface area contributed by atoms with E-state index in [-0.39, 0.29) is 6.04 Å². The summed E-state index contributed by atoms with van der Waals surface area (Å²) in [6.45, 7) is 1.08. The average molecular weight is 301 g/mol. The van der Waals surface area contributed by atoms with E-state index in [2.05, 4.69) is 76.6 Å². The van der Waals surface area contributed by atoms with Crippen molar-refractivity contribution < 1.29 is 0 Å². The number of hydrogen-bond acceptors (Lipinski definition) is 1. The van der Waals surface area contributed by atoms with Gasteiger partial charge in [-0.3, -0.25) is 4.90 Å². The highest BCUT2D eigenvalue weighted by Gasteiger charge is 2.30. The summed E-state index contributed by atoms with van der Waals surface area (Å²) in [5, 5.41) is 2.69. The second kappa shape index (κ2) is 4.74. The third-order valence-electron chi connectivity index (χ3n) is 5.19. The molecule has 0 unspecified atom stereocenters. The van der Waals surface area contributed by atoms with Crippen LogP contribution in [-0.4, -0.2) is 28.5 Å². The van der Waals surface area contributed by atoms with Gasteiger partial charge in [-0.05, 0) is 31.2 Å². The number of nitrogens with zero attached hydrogens (tertiary/aromatic N) is 1. The van der Waals surface area contributed by atoms with Gasteiger partial charge in [-0.15, -0.1) is 0 Å². The summed E-state index contributed by atoms with van der Waals surface area (Å²) in [4.78, 5) is 9.58. The van der Waals surface area contributed by atoms with Crippen molar-refractivity contribution in [2.75, 3.05) is 13.6 Å². The first-order chi connectivity index (χ1) is 11.3. The van der Waals surface area contributed by atoms with Gasteiger partial charge in [0.05, 0.1) is 6.04 Å². The maximum Gasteiger partial charge on any atom is 0.0775 e. The molecule has 2 N–H and O–H groups in total. The third-order valence-corrected chi connectivity index (χ3v) is 5.19. The van der Waals surface area contributed by atoms with Crippen LogP contribution in [0.5, 0.6) is 0 Å². The second-order valence-electron chi connectivity index (χ2n) is 6.49. The highest BCUT2D eigenvalue weighted by molar-refractivity contribution is 5.87. The fraction of sp³-hybridized carbons (Fsp3) is 0.200. The smallest absolute Gasteiger partial charge is 0.0775 e. The zero-order chi connectivity index (χ0) is 15.4. The van der Waals surface area contributed by atoms with Gasteiger partial charge in [-0.25, -0.2) is 0 Å². The van der Waals surface area contributed by atoms with E-state index in [1.165, 1.54) is 38.6 Å². The summed E-state index contributed by atoms with van der Waals surface area (Å²) in [5.41, 5.74) is 6.64. The van der Waals surface area contributed by atoms with Gasteiger partial charge < -0.3 is 9.97 Å². The van der Waals surface area contributed by atoms with E-state index in [1.54, 1.807) is 0 Å². The Labute approximate surface area is 134 Å². The normalized spacial score (nSPS) is 18.6. The summed E-state index contributed by atoms with van der Waals surface area (Å²) >= 11 is 0. The lowest BCUT2D eigenvalue weighted by Gasteiger charge is -2.32. The number of nitrogens with one attached hydrogen (secondary N) is 2. The SMILES string of the molecule is CN1CCc2c([nH]c3ccccc23)[C@H]1c1c[nH]c2ccccc12. The van der Waals surface area contributed by atoms with E-state index in [0.29, 0.717) is 0 Å². The molecule has 0 fully saturated rings. The Morgan fingerprint density at radius 2 is 1.70 bits per heavy atom. The molecule has 0 bridgehead atoms. The van der Waals surface area contributed by atoms with Gasteiger partial charge in [0, 0.05) is 45.8 Å². The summed E-state index contributed by atoms with van der Waals surface area (Å²) in [5.74, 6) is 0. The van der Waals surface area contributed by atoms with Crippen molar-refractivity contribution in [2.45, 2.75) is 12.5 Å². The summed E-state index contributed by atoms with van der Waals surface area (Å²) in [7, 11) is 2.22. The summed E-state index contributed by atoms with van der Waals surface area (Å²) in [6, 6.07) is 17.5. The van der Waals surface area contributed by atoms with Crippen LogP contribution in [0.4, 0.5) is 0 Å². The van der Waals surface area contributed by atoms with Crippen molar-refractivity contribution in [3.8, 4) is 0 Å². The number of H-pyrrole nitrogens is 2. The number of hydrogen-bond donors (Lipinski definition) is 2. The lowest BCUT2D eigenvalue weighted by molar-refractivity contribution is 0.263. The van der Waals surface area contributed by atoms with E-state index < -0.39 is 0 Å². The molecule has 0 aliphatic carbocycles. The Morgan fingerprint density at radius 3 is 2.57 bits per heavy atom. The van der Waals surface area contributed by atoms with Crippen LogP contribution >= 0.6 is 0 Å². The number of benzene rings is 2. The Kier molecular flexibility index (Phi) is 2.67. The highest BCUT2D eigenvalue weighted by atomic mass is 15.2. The number of aromatic nitrogens is 2. The van der Waals surface area contributed by atoms with Gasteiger partial charge in [0.2, 0.25) is 0 Å². The van der Waals surface area contributed by atoms with Crippen molar-refractivity contribution in [3.63, 3.8) is 0 Å². The summed E-state index contributed by atoms with van der Waals surface area (Å²) in [6.07, 6.45) is 3.28. The molecule has 114 valence electrons. The molecule has 4 aromatic rings. The highest BCUT2D eigenvalue weighted by Crippen LogP contribution is 2.39. The second-order valence-corrected chi connectivity index (χ2v) is 6.49. The van der Waals surface area contributed by atoms with Gasteiger partial charge in [-0.2, -0.15) is 0 Å². The molecule has 2 aromatic heterocycles. The molecule has 0 amide bonds. The topological polar surface area (TPSA) is 34.8 Å². The maximum atomic E-state index is 3.69. The molecule has 23 heavy (non-hydrogen) atoms. The van der Waals surface area contributed by atoms with Crippen LogP contribution in [0.25, 0.3) is 21.8 Å². The molecular weight excluding hydrogens is 282 g/mol. The monoisotopic (exact) mass is 301 g/mol. The van der Waals surface area contributed by atoms with E-state index in [4.69, 9.17) is 0 Å². The Balaban J connectivity index is 1.77. The van der Waals surface area contributed by atoms with Crippen LogP contribution in [0.15, 0.2) is 54.7 Å². The fourth-order valence-electron chi connectivity index (χ4n) is 4.07. The number of aromatic amines is 2. The predicted octanol–water partition coefficient (Wildman–Crippen LogP) is 4.23. The molecule has 2 aromatic carbocycles. The van der Waals surface area contributed by atoms with Crippen molar-refractivity contribution in [1.82, 2.24) is 14.9 Å². The van der Waals surface area contributed by atoms with E-state index >= 15 is 0 Å². The van der Waals surface area contributed by atoms with Crippen LogP contribution in [0, 0.1) is 0 Å². The molecule has 3 heteroatoms. The van der Waals surface area contributed by atoms with E-state index in [1.807, 2.05) is 0 Å². The molecule has 3 heterocycles. The third kappa shape index (κ3) is 1.80. The Hall–Kier alpha value is -2.52. The van der Waals surface area contributed by atoms with Gasteiger partial charge in [0.25, 0.3) is 0 Å². The fourth-order valence-corrected chi connectivity index (χ4v) is 4.07. The van der Waals surface area contributed by atoms with Crippen molar-refractivity contribution in [1.29, 1.82) is 0 Å². The molecular formula is C20H19N3. The van der Waals surface area contributed by atoms with Crippen LogP contribution in [-0.2, 0) is 6.42 Å². The molecule has 3 nitrogen and oxygen atoms in total. The Morgan fingerprint density at radius 1 is 0.957 bits per heavy atom. The number of para-hydroxylation sites is 2. The lowest BCUT2D eigenvalue weighted by atomic mass is 9.92. The molecule has 0 saturated heterocycles. The van der Waals surface area contributed by atoms with Gasteiger partial charge in [-0.1, -0.05) is 36.4 Å². The minimum atomic E-state index is 0.280. The molecule has 1 aliphatic heterocycles. The largest absolute Gasteiger partial charge is 0.361 e. The number of fused-ring (bicyclic) bond motifs is 4. The van der Waals surface area contributed by atoms with Crippen molar-refractivity contribution >= 4 is 21.8 Å². The first-order valence-electron chi connectivity index (χ1n) is 8.18. The molecule has 1 aliphatic rings. The van der Waals surface area contributed by atoms with Gasteiger partial charge in [0.1, 0.15) is 0 Å². The van der Waals surface area contributed by atoms with Crippen molar-refractivity contribution in [3.05, 3.63) is 71.5 Å². The van der Waals surface area contributed by atoms with Crippen LogP contribution in [0.1, 0.15) is 22.9 Å². The lowest BCUT2D eigenvalue weighted by Crippen LogP contribution is -2.32. The molecule has 5 rings (SSSR count). The number of likely N-dealkylation sites (N-methyl/N-ethyl adjacent to an activating group) is 1. The summed E-state index contributed by atoms with van der Waals surface area (Å²) < 4.78 is 0. The Bertz CT molecular complexity index is 1010.